The van der Waals surface area contributed by atoms with Gasteiger partial charge in [0.05, 0.1) is 0 Å². The van der Waals surface area contributed by atoms with Gasteiger partial charge >= 0.3 is 0 Å². The summed E-state index contributed by atoms with van der Waals surface area (Å²) < 4.78 is 0. The maximum atomic E-state index is 4.34. The number of rotatable bonds is 6. The fourth-order valence-electron chi connectivity index (χ4n) is 1.80. The lowest BCUT2D eigenvalue weighted by atomic mass is 10.1. The summed E-state index contributed by atoms with van der Waals surface area (Å²) in [5, 5.41) is 6.21. The molecular weight excluding hydrogens is 286 g/mol. The van der Waals surface area contributed by atoms with Crippen LogP contribution in [0.5, 0.6) is 0 Å². The predicted octanol–water partition coefficient (Wildman–Crippen LogP) is 4.52. The number of aryl methyl sites for hydroxylation is 1. The van der Waals surface area contributed by atoms with Crippen molar-refractivity contribution in [2.45, 2.75) is 33.6 Å². The summed E-state index contributed by atoms with van der Waals surface area (Å²) in [7, 11) is 0. The summed E-state index contributed by atoms with van der Waals surface area (Å²) in [6.07, 6.45) is 13.6. The van der Waals surface area contributed by atoms with E-state index in [0.717, 1.165) is 18.5 Å². The van der Waals surface area contributed by atoms with Crippen molar-refractivity contribution >= 4 is 11.9 Å². The van der Waals surface area contributed by atoms with Gasteiger partial charge in [-0.3, -0.25) is 0 Å². The Morgan fingerprint density at radius 3 is 2.57 bits per heavy atom. The van der Waals surface area contributed by atoms with E-state index >= 15 is 0 Å². The molecular formula is C18H25N5. The predicted molar refractivity (Wildman–Crippen MR) is 98.1 cm³/mol. The first-order chi connectivity index (χ1) is 11.2. The first-order valence-electron chi connectivity index (χ1n) is 7.79. The maximum Gasteiger partial charge on any atom is 0.232 e. The lowest BCUT2D eigenvalue weighted by Gasteiger charge is -2.11. The molecule has 0 unspecified atom stereocenters. The zero-order chi connectivity index (χ0) is 17.1. The Morgan fingerprint density at radius 2 is 1.91 bits per heavy atom. The summed E-state index contributed by atoms with van der Waals surface area (Å²) in [6.45, 7) is 13.3. The van der Waals surface area contributed by atoms with Crippen LogP contribution in [-0.4, -0.2) is 15.0 Å². The van der Waals surface area contributed by atoms with Gasteiger partial charge in [-0.15, -0.1) is 0 Å². The first-order valence-corrected chi connectivity index (χ1v) is 7.79. The monoisotopic (exact) mass is 311 g/mol. The quantitative estimate of drug-likeness (QED) is 0.756. The summed E-state index contributed by atoms with van der Waals surface area (Å²) in [6, 6.07) is 0. The minimum atomic E-state index is 0.462. The molecule has 1 aliphatic rings. The second kappa shape index (κ2) is 10.1. The van der Waals surface area contributed by atoms with Gasteiger partial charge < -0.3 is 10.6 Å². The van der Waals surface area contributed by atoms with Crippen LogP contribution in [0, 0.1) is 6.92 Å². The third-order valence-corrected chi connectivity index (χ3v) is 2.70. The Labute approximate surface area is 138 Å². The van der Waals surface area contributed by atoms with Crippen molar-refractivity contribution in [2.75, 3.05) is 10.6 Å². The molecule has 122 valence electrons. The van der Waals surface area contributed by atoms with Crippen molar-refractivity contribution in [3.05, 3.63) is 66.8 Å². The largest absolute Gasteiger partial charge is 0.325 e. The molecule has 0 saturated heterocycles. The first kappa shape index (κ1) is 18.4. The molecule has 2 N–H and O–H groups in total. The van der Waals surface area contributed by atoms with E-state index in [-0.39, 0.29) is 0 Å². The van der Waals surface area contributed by atoms with Crippen molar-refractivity contribution < 1.29 is 0 Å². The van der Waals surface area contributed by atoms with Crippen LogP contribution in [0.2, 0.25) is 0 Å². The molecule has 0 radical (unpaired) electrons. The van der Waals surface area contributed by atoms with Crippen LogP contribution in [-0.2, 0) is 0 Å². The molecule has 0 bridgehead atoms. The average Bonchev–Trinajstić information content (AvgIpc) is 2.55. The van der Waals surface area contributed by atoms with Crippen LogP contribution in [0.4, 0.5) is 11.9 Å². The van der Waals surface area contributed by atoms with Crippen molar-refractivity contribution in [3.8, 4) is 0 Å². The van der Waals surface area contributed by atoms with E-state index in [4.69, 9.17) is 0 Å². The van der Waals surface area contributed by atoms with E-state index in [2.05, 4.69) is 50.9 Å². The fraction of sp³-hybridized carbons (Fsp3) is 0.278. The third-order valence-electron chi connectivity index (χ3n) is 2.70. The number of hydrogen-bond donors (Lipinski definition) is 2. The van der Waals surface area contributed by atoms with Gasteiger partial charge in [-0.25, -0.2) is 0 Å². The number of hydrogen-bond acceptors (Lipinski definition) is 5. The van der Waals surface area contributed by atoms with Crippen molar-refractivity contribution in [3.63, 3.8) is 0 Å². The second-order valence-corrected chi connectivity index (χ2v) is 4.54. The molecule has 1 heterocycles. The number of allylic oxidation sites excluding steroid dienone is 6. The summed E-state index contributed by atoms with van der Waals surface area (Å²) in [5.74, 6) is 1.61. The Morgan fingerprint density at radius 1 is 1.17 bits per heavy atom. The zero-order valence-electron chi connectivity index (χ0n) is 14.1. The fourth-order valence-corrected chi connectivity index (χ4v) is 1.80. The maximum absolute atomic E-state index is 4.34. The van der Waals surface area contributed by atoms with Crippen molar-refractivity contribution in [1.82, 2.24) is 15.0 Å². The number of anilines is 2. The molecule has 0 atom stereocenters. The molecule has 0 amide bonds. The lowest BCUT2D eigenvalue weighted by molar-refractivity contribution is 0.971. The van der Waals surface area contributed by atoms with Crippen LogP contribution < -0.4 is 10.6 Å². The minimum Gasteiger partial charge on any atom is -0.325 e. The summed E-state index contributed by atoms with van der Waals surface area (Å²) in [5.41, 5.74) is 1.69. The summed E-state index contributed by atoms with van der Waals surface area (Å²) >= 11 is 0. The number of aromatic nitrogens is 3. The zero-order valence-corrected chi connectivity index (χ0v) is 14.1. The van der Waals surface area contributed by atoms with Gasteiger partial charge in [0.25, 0.3) is 0 Å². The van der Waals surface area contributed by atoms with E-state index in [0.29, 0.717) is 23.4 Å². The molecule has 0 spiro atoms. The van der Waals surface area contributed by atoms with E-state index in [1.807, 2.05) is 26.8 Å². The van der Waals surface area contributed by atoms with Crippen LogP contribution in [0.3, 0.4) is 0 Å². The standard InChI is InChI=1S/C16H19N5.C2H6/c1-4-5-9-12(2)17-15-18-13(3)19-16(21-15)20-14-10-7-6-8-11-14;1-2/h4-5,7,9-11H,1-2,6,8H2,3H3,(H2,17,18,19,20,21);1-2H3/b9-5-;. The minimum absolute atomic E-state index is 0.462. The highest BCUT2D eigenvalue weighted by atomic mass is 15.2. The molecule has 0 saturated carbocycles. The van der Waals surface area contributed by atoms with Gasteiger partial charge in [0.2, 0.25) is 11.9 Å². The Bertz CT molecular complexity index is 626. The van der Waals surface area contributed by atoms with Gasteiger partial charge in [0.15, 0.2) is 0 Å². The van der Waals surface area contributed by atoms with Crippen LogP contribution in [0.15, 0.2) is 61.0 Å². The summed E-state index contributed by atoms with van der Waals surface area (Å²) in [4.78, 5) is 12.9. The molecule has 1 aromatic heterocycles. The average molecular weight is 311 g/mol. The molecule has 1 aliphatic carbocycles. The lowest BCUT2D eigenvalue weighted by Crippen LogP contribution is -2.09. The van der Waals surface area contributed by atoms with Crippen LogP contribution in [0.1, 0.15) is 32.5 Å². The van der Waals surface area contributed by atoms with Crippen molar-refractivity contribution in [2.24, 2.45) is 0 Å². The van der Waals surface area contributed by atoms with Gasteiger partial charge in [-0.2, -0.15) is 15.0 Å². The van der Waals surface area contributed by atoms with Crippen molar-refractivity contribution in [1.29, 1.82) is 0 Å². The number of nitrogens with zero attached hydrogens (tertiary/aromatic N) is 3. The molecule has 5 heteroatoms. The highest BCUT2D eigenvalue weighted by molar-refractivity contribution is 5.46. The highest BCUT2D eigenvalue weighted by Crippen LogP contribution is 2.13. The molecule has 0 fully saturated rings. The smallest absolute Gasteiger partial charge is 0.232 e. The molecule has 5 nitrogen and oxygen atoms in total. The normalized spacial score (nSPS) is 12.9. The van der Waals surface area contributed by atoms with Gasteiger partial charge in [0, 0.05) is 11.4 Å². The molecule has 2 rings (SSSR count). The van der Waals surface area contributed by atoms with Crippen LogP contribution >= 0.6 is 0 Å². The SMILES string of the molecule is C=C/C=C\C(=C)Nc1nc(C)nc(NC2=CCCC=C2)n1.CC. The van der Waals surface area contributed by atoms with Gasteiger partial charge in [-0.05, 0) is 31.9 Å². The van der Waals surface area contributed by atoms with E-state index in [9.17, 15) is 0 Å². The third kappa shape index (κ3) is 6.74. The molecule has 1 aromatic rings. The molecule has 0 aliphatic heterocycles. The van der Waals surface area contributed by atoms with E-state index in [1.54, 1.807) is 18.2 Å². The van der Waals surface area contributed by atoms with E-state index in [1.165, 1.54) is 0 Å². The topological polar surface area (TPSA) is 62.7 Å². The second-order valence-electron chi connectivity index (χ2n) is 4.54. The van der Waals surface area contributed by atoms with Gasteiger partial charge in [-0.1, -0.05) is 51.3 Å². The number of nitrogens with one attached hydrogen (secondary N) is 2. The Kier molecular flexibility index (Phi) is 8.07. The molecule has 0 aromatic carbocycles. The van der Waals surface area contributed by atoms with E-state index < -0.39 is 0 Å². The van der Waals surface area contributed by atoms with Crippen LogP contribution in [0.25, 0.3) is 0 Å². The highest BCUT2D eigenvalue weighted by Gasteiger charge is 2.05. The Hall–Kier alpha value is -2.69. The van der Waals surface area contributed by atoms with Gasteiger partial charge in [0.1, 0.15) is 5.82 Å². The Balaban J connectivity index is 0.00000127. The molecule has 23 heavy (non-hydrogen) atoms.